The molecule has 0 saturated carbocycles. The molecule has 29 heavy (non-hydrogen) atoms. The van der Waals surface area contributed by atoms with Gasteiger partial charge in [-0.05, 0) is 56.1 Å². The minimum Gasteiger partial charge on any atom is -0.373 e. The number of sulfonamides is 1. The first-order valence-electron chi connectivity index (χ1n) is 10.0. The van der Waals surface area contributed by atoms with Crippen molar-refractivity contribution in [3.63, 3.8) is 0 Å². The van der Waals surface area contributed by atoms with Crippen molar-refractivity contribution in [2.75, 3.05) is 26.7 Å². The standard InChI is InChI=1S/C22H27FN2O3S/c1-24(16-18-5-3-2-4-6-18)20-15-22(28-17-20)11-13-25(14-12-22)29(26,27)21-9-7-19(23)8-10-21/h2-10,20H,11-17H2,1H3/t20-/m0/s1. The molecule has 0 bridgehead atoms. The molecule has 0 unspecified atom stereocenters. The van der Waals surface area contributed by atoms with E-state index in [1.165, 1.54) is 34.1 Å². The van der Waals surface area contributed by atoms with Crippen molar-refractivity contribution >= 4 is 10.0 Å². The molecule has 0 radical (unpaired) electrons. The van der Waals surface area contributed by atoms with Gasteiger partial charge in [-0.2, -0.15) is 4.31 Å². The summed E-state index contributed by atoms with van der Waals surface area (Å²) in [6, 6.07) is 15.7. The Bertz CT molecular complexity index is 926. The Labute approximate surface area is 172 Å². The van der Waals surface area contributed by atoms with E-state index < -0.39 is 15.8 Å². The fourth-order valence-electron chi connectivity index (χ4n) is 4.34. The molecular weight excluding hydrogens is 391 g/mol. The Morgan fingerprint density at radius 1 is 1.10 bits per heavy atom. The zero-order chi connectivity index (χ0) is 20.5. The molecule has 1 spiro atoms. The van der Waals surface area contributed by atoms with E-state index in [9.17, 15) is 12.8 Å². The van der Waals surface area contributed by atoms with Crippen molar-refractivity contribution in [3.05, 3.63) is 66.0 Å². The number of hydrogen-bond donors (Lipinski definition) is 0. The molecule has 0 amide bonds. The molecule has 2 aliphatic rings. The van der Waals surface area contributed by atoms with Crippen LogP contribution in [0, 0.1) is 5.82 Å². The lowest BCUT2D eigenvalue weighted by Gasteiger charge is -2.38. The molecule has 2 aliphatic heterocycles. The molecule has 156 valence electrons. The third kappa shape index (κ3) is 4.38. The maximum atomic E-state index is 13.1. The lowest BCUT2D eigenvalue weighted by molar-refractivity contribution is -0.0316. The van der Waals surface area contributed by atoms with Crippen molar-refractivity contribution < 1.29 is 17.5 Å². The van der Waals surface area contributed by atoms with Crippen LogP contribution in [0.15, 0.2) is 59.5 Å². The topological polar surface area (TPSA) is 49.9 Å². The average Bonchev–Trinajstić information content (AvgIpc) is 3.13. The van der Waals surface area contributed by atoms with Crippen molar-refractivity contribution in [2.45, 2.75) is 42.3 Å². The van der Waals surface area contributed by atoms with E-state index in [4.69, 9.17) is 4.74 Å². The Kier molecular flexibility index (Phi) is 5.75. The molecule has 2 aromatic rings. The maximum absolute atomic E-state index is 13.1. The number of ether oxygens (including phenoxy) is 1. The molecule has 0 N–H and O–H groups in total. The van der Waals surface area contributed by atoms with E-state index in [0.717, 1.165) is 13.0 Å². The molecule has 0 aromatic heterocycles. The van der Waals surface area contributed by atoms with Crippen molar-refractivity contribution in [3.8, 4) is 0 Å². The highest BCUT2D eigenvalue weighted by Crippen LogP contribution is 2.38. The van der Waals surface area contributed by atoms with Crippen molar-refractivity contribution in [1.82, 2.24) is 9.21 Å². The molecular formula is C22H27FN2O3S. The summed E-state index contributed by atoms with van der Waals surface area (Å²) in [6.45, 7) is 2.40. The van der Waals surface area contributed by atoms with Crippen LogP contribution in [0.2, 0.25) is 0 Å². The second kappa shape index (κ2) is 8.14. The van der Waals surface area contributed by atoms with Crippen LogP contribution in [0.3, 0.4) is 0 Å². The molecule has 7 heteroatoms. The van der Waals surface area contributed by atoms with E-state index in [1.54, 1.807) is 0 Å². The number of nitrogens with zero attached hydrogens (tertiary/aromatic N) is 2. The second-order valence-corrected chi connectivity index (χ2v) is 10.0. The number of halogens is 1. The summed E-state index contributed by atoms with van der Waals surface area (Å²) in [7, 11) is -1.48. The van der Waals surface area contributed by atoms with Gasteiger partial charge in [0.25, 0.3) is 0 Å². The quantitative estimate of drug-likeness (QED) is 0.748. The summed E-state index contributed by atoms with van der Waals surface area (Å²) in [4.78, 5) is 2.47. The van der Waals surface area contributed by atoms with Gasteiger partial charge >= 0.3 is 0 Å². The normalized spacial score (nSPS) is 22.4. The molecule has 1 atom stereocenters. The van der Waals surface area contributed by atoms with E-state index in [1.807, 2.05) is 18.2 Å². The number of hydrogen-bond acceptors (Lipinski definition) is 4. The van der Waals surface area contributed by atoms with Crippen LogP contribution >= 0.6 is 0 Å². The van der Waals surface area contributed by atoms with E-state index in [-0.39, 0.29) is 10.5 Å². The summed E-state index contributed by atoms with van der Waals surface area (Å²) in [5.74, 6) is -0.438. The van der Waals surface area contributed by atoms with Crippen LogP contribution in [0.5, 0.6) is 0 Å². The van der Waals surface area contributed by atoms with E-state index in [2.05, 4.69) is 24.1 Å². The summed E-state index contributed by atoms with van der Waals surface area (Å²) in [5, 5.41) is 0. The molecule has 2 fully saturated rings. The zero-order valence-corrected chi connectivity index (χ0v) is 17.4. The highest BCUT2D eigenvalue weighted by molar-refractivity contribution is 7.89. The Balaban J connectivity index is 1.36. The smallest absolute Gasteiger partial charge is 0.243 e. The summed E-state index contributed by atoms with van der Waals surface area (Å²) in [5.41, 5.74) is 1.03. The summed E-state index contributed by atoms with van der Waals surface area (Å²) in [6.07, 6.45) is 2.28. The SMILES string of the molecule is CN(Cc1ccccc1)[C@@H]1COC2(CCN(S(=O)(=O)c3ccc(F)cc3)CC2)C1. The first-order valence-corrected chi connectivity index (χ1v) is 11.5. The van der Waals surface area contributed by atoms with Crippen LogP contribution < -0.4 is 0 Å². The molecule has 2 saturated heterocycles. The number of piperidine rings is 1. The first kappa shape index (κ1) is 20.5. The van der Waals surface area contributed by atoms with Crippen molar-refractivity contribution in [1.29, 1.82) is 0 Å². The molecule has 0 aliphatic carbocycles. The van der Waals surface area contributed by atoms with Crippen molar-refractivity contribution in [2.24, 2.45) is 0 Å². The van der Waals surface area contributed by atoms with Gasteiger partial charge in [-0.3, -0.25) is 4.90 Å². The van der Waals surface area contributed by atoms with Gasteiger partial charge in [-0.25, -0.2) is 12.8 Å². The number of benzene rings is 2. The second-order valence-electron chi connectivity index (χ2n) is 8.11. The summed E-state index contributed by atoms with van der Waals surface area (Å²) >= 11 is 0. The highest BCUT2D eigenvalue weighted by atomic mass is 32.2. The monoisotopic (exact) mass is 418 g/mol. The third-order valence-corrected chi connectivity index (χ3v) is 8.09. The minimum atomic E-state index is -3.59. The highest BCUT2D eigenvalue weighted by Gasteiger charge is 2.45. The van der Waals surface area contributed by atoms with Gasteiger partial charge in [-0.1, -0.05) is 30.3 Å². The molecule has 2 heterocycles. The minimum absolute atomic E-state index is 0.141. The van der Waals surface area contributed by atoms with Gasteiger partial charge in [-0.15, -0.1) is 0 Å². The van der Waals surface area contributed by atoms with Gasteiger partial charge in [0.1, 0.15) is 5.82 Å². The molecule has 4 rings (SSSR count). The summed E-state index contributed by atoms with van der Waals surface area (Å²) < 4.78 is 46.5. The van der Waals surface area contributed by atoms with E-state index in [0.29, 0.717) is 38.6 Å². The maximum Gasteiger partial charge on any atom is 0.243 e. The Hall–Kier alpha value is -1.80. The van der Waals surface area contributed by atoms with Crippen LogP contribution in [0.4, 0.5) is 4.39 Å². The van der Waals surface area contributed by atoms with Gasteiger partial charge in [0.15, 0.2) is 0 Å². The fourth-order valence-corrected chi connectivity index (χ4v) is 5.78. The average molecular weight is 419 g/mol. The zero-order valence-electron chi connectivity index (χ0n) is 16.6. The fraction of sp³-hybridized carbons (Fsp3) is 0.455. The first-order chi connectivity index (χ1) is 13.9. The largest absolute Gasteiger partial charge is 0.373 e. The van der Waals surface area contributed by atoms with Crippen LogP contribution in [0.1, 0.15) is 24.8 Å². The van der Waals surface area contributed by atoms with Crippen LogP contribution in [-0.4, -0.2) is 56.0 Å². The van der Waals surface area contributed by atoms with Crippen LogP contribution in [-0.2, 0) is 21.3 Å². The van der Waals surface area contributed by atoms with Gasteiger partial charge in [0.05, 0.1) is 17.1 Å². The van der Waals surface area contributed by atoms with Crippen LogP contribution in [0.25, 0.3) is 0 Å². The molecule has 5 nitrogen and oxygen atoms in total. The predicted octanol–water partition coefficient (Wildman–Crippen LogP) is 3.27. The third-order valence-electron chi connectivity index (χ3n) is 6.17. The van der Waals surface area contributed by atoms with E-state index >= 15 is 0 Å². The molecule has 2 aromatic carbocycles. The lowest BCUT2D eigenvalue weighted by Crippen LogP contribution is -2.46. The lowest BCUT2D eigenvalue weighted by atomic mass is 9.88. The Morgan fingerprint density at radius 3 is 2.41 bits per heavy atom. The predicted molar refractivity (Wildman–Crippen MR) is 109 cm³/mol. The van der Waals surface area contributed by atoms with Gasteiger partial charge in [0.2, 0.25) is 10.0 Å². The van der Waals surface area contributed by atoms with Gasteiger partial charge in [0, 0.05) is 25.7 Å². The Morgan fingerprint density at radius 2 is 1.76 bits per heavy atom. The number of likely N-dealkylation sites (N-methyl/N-ethyl adjacent to an activating group) is 1. The number of rotatable bonds is 5. The van der Waals surface area contributed by atoms with Gasteiger partial charge < -0.3 is 4.74 Å².